The Morgan fingerprint density at radius 2 is 1.82 bits per heavy atom. The molecule has 1 aromatic heterocycles. The zero-order chi connectivity index (χ0) is 18.5. The van der Waals surface area contributed by atoms with E-state index in [9.17, 15) is 0 Å². The molecule has 0 aliphatic carbocycles. The first-order valence-electron chi connectivity index (χ1n) is 10.2. The molecule has 3 aliphatic rings. The molecule has 4 heterocycles. The lowest BCUT2D eigenvalue weighted by Crippen LogP contribution is -2.42. The molecule has 2 unspecified atom stereocenters. The van der Waals surface area contributed by atoms with Crippen LogP contribution in [-0.4, -0.2) is 18.2 Å². The fraction of sp³-hybridized carbons (Fsp3) is 0.333. The van der Waals surface area contributed by atoms with Crippen molar-refractivity contribution in [2.45, 2.75) is 50.3 Å². The molecular formula is C24H23NO3. The normalized spacial score (nSPS) is 25.9. The van der Waals surface area contributed by atoms with Crippen LogP contribution in [0.25, 0.3) is 16.5 Å². The third kappa shape index (κ3) is 2.89. The van der Waals surface area contributed by atoms with Crippen molar-refractivity contribution in [2.75, 3.05) is 0 Å². The standard InChI is InChI=1S/C24H23NO3/c1-2-4-22-15(3-1)10-24(28-22)17-9-16-5-8-20(13-23(16)26-14-17)27-21-11-18-6-7-19(12-21)25-18/h1-5,8,10,13-14,18-19,21,25H,6-7,9,11-12H2. The lowest BCUT2D eigenvalue weighted by molar-refractivity contribution is 0.137. The summed E-state index contributed by atoms with van der Waals surface area (Å²) < 4.78 is 18.2. The van der Waals surface area contributed by atoms with E-state index < -0.39 is 0 Å². The summed E-state index contributed by atoms with van der Waals surface area (Å²) in [6.07, 6.45) is 7.69. The van der Waals surface area contributed by atoms with Crippen molar-refractivity contribution in [1.82, 2.24) is 5.32 Å². The number of nitrogens with one attached hydrogen (secondary N) is 1. The van der Waals surface area contributed by atoms with Gasteiger partial charge >= 0.3 is 0 Å². The lowest BCUT2D eigenvalue weighted by atomic mass is 10.0. The molecular weight excluding hydrogens is 350 g/mol. The predicted octanol–water partition coefficient (Wildman–Crippen LogP) is 5.07. The second-order valence-corrected chi connectivity index (χ2v) is 8.20. The summed E-state index contributed by atoms with van der Waals surface area (Å²) in [6, 6.07) is 17.7. The number of para-hydroxylation sites is 1. The van der Waals surface area contributed by atoms with Crippen LogP contribution in [0.4, 0.5) is 0 Å². The number of rotatable bonds is 3. The van der Waals surface area contributed by atoms with Crippen molar-refractivity contribution in [3.8, 4) is 11.5 Å². The van der Waals surface area contributed by atoms with Gasteiger partial charge in [-0.05, 0) is 49.4 Å². The second kappa shape index (κ2) is 6.42. The molecule has 0 radical (unpaired) electrons. The van der Waals surface area contributed by atoms with Gasteiger partial charge in [0.05, 0.1) is 6.26 Å². The van der Waals surface area contributed by atoms with Gasteiger partial charge < -0.3 is 19.2 Å². The predicted molar refractivity (Wildman–Crippen MR) is 109 cm³/mol. The molecule has 3 aromatic rings. The summed E-state index contributed by atoms with van der Waals surface area (Å²) in [5.74, 6) is 2.66. The molecule has 28 heavy (non-hydrogen) atoms. The van der Waals surface area contributed by atoms with Crippen LogP contribution < -0.4 is 14.8 Å². The second-order valence-electron chi connectivity index (χ2n) is 8.20. The fourth-order valence-corrected chi connectivity index (χ4v) is 4.82. The molecule has 4 heteroatoms. The third-order valence-corrected chi connectivity index (χ3v) is 6.22. The SMILES string of the molecule is C1=C(c2cc3ccccc3o2)Cc2ccc(OC3CC4CCC(C3)N4)cc2O1. The van der Waals surface area contributed by atoms with Crippen molar-refractivity contribution < 1.29 is 13.9 Å². The number of piperidine rings is 1. The van der Waals surface area contributed by atoms with Crippen LogP contribution in [0.15, 0.2) is 59.2 Å². The van der Waals surface area contributed by atoms with Gasteiger partial charge in [-0.15, -0.1) is 0 Å². The topological polar surface area (TPSA) is 43.6 Å². The van der Waals surface area contributed by atoms with Crippen molar-refractivity contribution in [3.05, 3.63) is 66.1 Å². The molecule has 2 bridgehead atoms. The molecule has 3 aliphatic heterocycles. The number of allylic oxidation sites excluding steroid dienone is 1. The summed E-state index contributed by atoms with van der Waals surface area (Å²) >= 11 is 0. The first kappa shape index (κ1) is 16.3. The molecule has 0 amide bonds. The van der Waals surface area contributed by atoms with Gasteiger partial charge in [0, 0.05) is 35.5 Å². The van der Waals surface area contributed by atoms with Gasteiger partial charge in [0.2, 0.25) is 0 Å². The van der Waals surface area contributed by atoms with Gasteiger partial charge in [-0.1, -0.05) is 24.3 Å². The van der Waals surface area contributed by atoms with E-state index in [4.69, 9.17) is 13.9 Å². The molecule has 0 saturated carbocycles. The highest BCUT2D eigenvalue weighted by atomic mass is 16.5. The number of ether oxygens (including phenoxy) is 2. The maximum Gasteiger partial charge on any atom is 0.134 e. The molecule has 1 N–H and O–H groups in total. The molecule has 2 atom stereocenters. The highest BCUT2D eigenvalue weighted by molar-refractivity contribution is 5.82. The average Bonchev–Trinajstić information content (AvgIpc) is 3.30. The van der Waals surface area contributed by atoms with E-state index >= 15 is 0 Å². The molecule has 0 spiro atoms. The van der Waals surface area contributed by atoms with E-state index in [0.29, 0.717) is 18.2 Å². The zero-order valence-electron chi connectivity index (χ0n) is 15.7. The summed E-state index contributed by atoms with van der Waals surface area (Å²) in [7, 11) is 0. The molecule has 2 fully saturated rings. The van der Waals surface area contributed by atoms with Crippen LogP contribution in [0.1, 0.15) is 37.0 Å². The van der Waals surface area contributed by atoms with E-state index in [-0.39, 0.29) is 0 Å². The first-order chi connectivity index (χ1) is 13.8. The van der Waals surface area contributed by atoms with Gasteiger partial charge in [-0.3, -0.25) is 0 Å². The van der Waals surface area contributed by atoms with E-state index in [0.717, 1.165) is 58.6 Å². The van der Waals surface area contributed by atoms with Gasteiger partial charge in [-0.2, -0.15) is 0 Å². The van der Waals surface area contributed by atoms with E-state index in [2.05, 4.69) is 29.6 Å². The zero-order valence-corrected chi connectivity index (χ0v) is 15.7. The third-order valence-electron chi connectivity index (χ3n) is 6.22. The number of furan rings is 1. The maximum absolute atomic E-state index is 6.29. The maximum atomic E-state index is 6.29. The van der Waals surface area contributed by atoms with Crippen LogP contribution in [-0.2, 0) is 6.42 Å². The van der Waals surface area contributed by atoms with Crippen molar-refractivity contribution in [1.29, 1.82) is 0 Å². The number of benzene rings is 2. The van der Waals surface area contributed by atoms with Crippen LogP contribution in [0.2, 0.25) is 0 Å². The van der Waals surface area contributed by atoms with Gasteiger partial charge in [-0.25, -0.2) is 0 Å². The molecule has 2 saturated heterocycles. The van der Waals surface area contributed by atoms with Gasteiger partial charge in [0.1, 0.15) is 28.9 Å². The van der Waals surface area contributed by atoms with Crippen molar-refractivity contribution in [3.63, 3.8) is 0 Å². The van der Waals surface area contributed by atoms with Crippen molar-refractivity contribution >= 4 is 16.5 Å². The number of hydrogen-bond acceptors (Lipinski definition) is 4. The Morgan fingerprint density at radius 3 is 2.68 bits per heavy atom. The molecule has 142 valence electrons. The summed E-state index contributed by atoms with van der Waals surface area (Å²) in [5.41, 5.74) is 3.13. The first-order valence-corrected chi connectivity index (χ1v) is 10.2. The van der Waals surface area contributed by atoms with Crippen molar-refractivity contribution in [2.24, 2.45) is 0 Å². The minimum atomic E-state index is 0.307. The smallest absolute Gasteiger partial charge is 0.134 e. The van der Waals surface area contributed by atoms with Crippen LogP contribution in [0.5, 0.6) is 11.5 Å². The fourth-order valence-electron chi connectivity index (χ4n) is 4.82. The van der Waals surface area contributed by atoms with Crippen LogP contribution >= 0.6 is 0 Å². The minimum absolute atomic E-state index is 0.307. The monoisotopic (exact) mass is 373 g/mol. The summed E-state index contributed by atoms with van der Waals surface area (Å²) in [4.78, 5) is 0. The lowest BCUT2D eigenvalue weighted by Gasteiger charge is -2.29. The highest BCUT2D eigenvalue weighted by Crippen LogP contribution is 2.37. The molecule has 2 aromatic carbocycles. The van der Waals surface area contributed by atoms with E-state index in [1.54, 1.807) is 0 Å². The highest BCUT2D eigenvalue weighted by Gasteiger charge is 2.34. The Labute approximate surface area is 164 Å². The Hall–Kier alpha value is -2.72. The van der Waals surface area contributed by atoms with Gasteiger partial charge in [0.15, 0.2) is 0 Å². The number of fused-ring (bicyclic) bond motifs is 4. The van der Waals surface area contributed by atoms with E-state index in [1.165, 1.54) is 12.8 Å². The molecule has 6 rings (SSSR count). The number of hydrogen-bond donors (Lipinski definition) is 1. The largest absolute Gasteiger partial charge is 0.490 e. The average molecular weight is 373 g/mol. The summed E-state index contributed by atoms with van der Waals surface area (Å²) in [6.45, 7) is 0. The molecule has 4 nitrogen and oxygen atoms in total. The summed E-state index contributed by atoms with van der Waals surface area (Å²) in [5, 5.41) is 4.78. The Kier molecular flexibility index (Phi) is 3.73. The van der Waals surface area contributed by atoms with Crippen LogP contribution in [0, 0.1) is 0 Å². The minimum Gasteiger partial charge on any atom is -0.490 e. The quantitative estimate of drug-likeness (QED) is 0.696. The van der Waals surface area contributed by atoms with Crippen LogP contribution in [0.3, 0.4) is 0 Å². The Balaban J connectivity index is 1.20. The van der Waals surface area contributed by atoms with Gasteiger partial charge in [0.25, 0.3) is 0 Å². The Morgan fingerprint density at radius 1 is 0.964 bits per heavy atom. The Bertz CT molecular complexity index is 1020. The van der Waals surface area contributed by atoms with E-state index in [1.807, 2.05) is 30.5 Å².